The predicted octanol–water partition coefficient (Wildman–Crippen LogP) is 3.67. The summed E-state index contributed by atoms with van der Waals surface area (Å²) in [6.07, 6.45) is 2.15. The molecule has 1 fully saturated rings. The van der Waals surface area contributed by atoms with Crippen LogP contribution in [0.25, 0.3) is 0 Å². The summed E-state index contributed by atoms with van der Waals surface area (Å²) >= 11 is 1.71. The molecule has 25 heavy (non-hydrogen) atoms. The monoisotopic (exact) mass is 357 g/mol. The molecule has 0 radical (unpaired) electrons. The van der Waals surface area contributed by atoms with Gasteiger partial charge in [0.15, 0.2) is 0 Å². The molecule has 1 saturated heterocycles. The Kier molecular flexibility index (Phi) is 6.19. The normalized spacial score (nSPS) is 15.5. The Balaban J connectivity index is 1.39. The number of benzene rings is 1. The maximum atomic E-state index is 12.4. The van der Waals surface area contributed by atoms with E-state index in [9.17, 15) is 4.79 Å². The van der Waals surface area contributed by atoms with Gasteiger partial charge in [-0.1, -0.05) is 30.3 Å². The zero-order valence-electron chi connectivity index (χ0n) is 15.1. The van der Waals surface area contributed by atoms with Gasteiger partial charge in [-0.15, -0.1) is 11.8 Å². The van der Waals surface area contributed by atoms with Crippen molar-refractivity contribution in [3.05, 3.63) is 53.3 Å². The first-order valence-electron chi connectivity index (χ1n) is 9.02. The summed E-state index contributed by atoms with van der Waals surface area (Å²) in [5, 5.41) is 4.56. The van der Waals surface area contributed by atoms with Crippen molar-refractivity contribution in [3.8, 4) is 0 Å². The molecule has 5 heteroatoms. The Morgan fingerprint density at radius 1 is 1.20 bits per heavy atom. The lowest BCUT2D eigenvalue weighted by atomic mass is 9.97. The molecule has 1 aliphatic rings. The van der Waals surface area contributed by atoms with Gasteiger partial charge in [0, 0.05) is 31.1 Å². The lowest BCUT2D eigenvalue weighted by molar-refractivity contribution is -0.129. The number of amides is 1. The van der Waals surface area contributed by atoms with E-state index < -0.39 is 0 Å². The van der Waals surface area contributed by atoms with Gasteiger partial charge in [-0.3, -0.25) is 9.48 Å². The maximum Gasteiger partial charge on any atom is 0.232 e. The minimum atomic E-state index is 0.283. The molecule has 0 bridgehead atoms. The van der Waals surface area contributed by atoms with E-state index in [1.54, 1.807) is 11.8 Å². The van der Waals surface area contributed by atoms with Crippen LogP contribution in [-0.2, 0) is 17.1 Å². The molecule has 0 N–H and O–H groups in total. The molecular formula is C20H27N3OS. The van der Waals surface area contributed by atoms with E-state index in [4.69, 9.17) is 0 Å². The van der Waals surface area contributed by atoms with E-state index in [0.717, 1.165) is 43.9 Å². The number of carbonyl (C=O) groups is 1. The van der Waals surface area contributed by atoms with Gasteiger partial charge in [-0.2, -0.15) is 5.10 Å². The second-order valence-corrected chi connectivity index (χ2v) is 7.90. The van der Waals surface area contributed by atoms with Gasteiger partial charge < -0.3 is 4.90 Å². The third kappa shape index (κ3) is 5.11. The molecule has 1 aromatic carbocycles. The van der Waals surface area contributed by atoms with E-state index >= 15 is 0 Å². The van der Waals surface area contributed by atoms with Crippen molar-refractivity contribution in [2.75, 3.05) is 18.8 Å². The van der Waals surface area contributed by atoms with E-state index in [2.05, 4.69) is 34.9 Å². The third-order valence-corrected chi connectivity index (χ3v) is 5.83. The number of rotatable bonds is 6. The smallest absolute Gasteiger partial charge is 0.232 e. The summed E-state index contributed by atoms with van der Waals surface area (Å²) in [6.45, 7) is 6.90. The molecular weight excluding hydrogens is 330 g/mol. The zero-order chi connectivity index (χ0) is 17.6. The van der Waals surface area contributed by atoms with Gasteiger partial charge in [-0.25, -0.2) is 0 Å². The van der Waals surface area contributed by atoms with E-state index in [1.807, 2.05) is 30.0 Å². The molecule has 0 aliphatic carbocycles. The fraction of sp³-hybridized carbons (Fsp3) is 0.500. The zero-order valence-corrected chi connectivity index (χ0v) is 16.0. The van der Waals surface area contributed by atoms with Gasteiger partial charge in [-0.05, 0) is 44.2 Å². The molecule has 134 valence electrons. The van der Waals surface area contributed by atoms with Crippen LogP contribution in [0.15, 0.2) is 36.4 Å². The van der Waals surface area contributed by atoms with Crippen LogP contribution in [0.4, 0.5) is 0 Å². The SMILES string of the molecule is Cc1cc(C)n(CC2CCN(C(=O)CSCc3ccccc3)CC2)n1. The van der Waals surface area contributed by atoms with Crippen molar-refractivity contribution in [1.82, 2.24) is 14.7 Å². The number of aryl methyl sites for hydroxylation is 2. The molecule has 4 nitrogen and oxygen atoms in total. The highest BCUT2D eigenvalue weighted by Gasteiger charge is 2.23. The second-order valence-electron chi connectivity index (χ2n) is 6.91. The molecule has 3 rings (SSSR count). The minimum Gasteiger partial charge on any atom is -0.342 e. The van der Waals surface area contributed by atoms with Crippen LogP contribution in [0.3, 0.4) is 0 Å². The fourth-order valence-electron chi connectivity index (χ4n) is 3.39. The van der Waals surface area contributed by atoms with Gasteiger partial charge in [0.1, 0.15) is 0 Å². The Labute approximate surface area is 154 Å². The van der Waals surface area contributed by atoms with Crippen molar-refractivity contribution >= 4 is 17.7 Å². The van der Waals surface area contributed by atoms with Crippen LogP contribution in [0, 0.1) is 19.8 Å². The summed E-state index contributed by atoms with van der Waals surface area (Å²) in [5.41, 5.74) is 3.60. The number of hydrogen-bond donors (Lipinski definition) is 0. The van der Waals surface area contributed by atoms with Crippen molar-refractivity contribution in [1.29, 1.82) is 0 Å². The number of aromatic nitrogens is 2. The van der Waals surface area contributed by atoms with Crippen molar-refractivity contribution < 1.29 is 4.79 Å². The lowest BCUT2D eigenvalue weighted by Gasteiger charge is -2.32. The first-order chi connectivity index (χ1) is 12.1. The molecule has 1 aromatic heterocycles. The Morgan fingerprint density at radius 3 is 2.56 bits per heavy atom. The number of carbonyl (C=O) groups excluding carboxylic acids is 1. The molecule has 0 atom stereocenters. The standard InChI is InChI=1S/C20H27N3OS/c1-16-12-17(2)23(21-16)13-18-8-10-22(11-9-18)20(24)15-25-14-19-6-4-3-5-7-19/h3-7,12,18H,8-11,13-15H2,1-2H3. The van der Waals surface area contributed by atoms with Crippen LogP contribution in [0.2, 0.25) is 0 Å². The van der Waals surface area contributed by atoms with Crippen LogP contribution >= 0.6 is 11.8 Å². The molecule has 0 spiro atoms. The number of likely N-dealkylation sites (tertiary alicyclic amines) is 1. The second kappa shape index (κ2) is 8.56. The Hall–Kier alpha value is -1.75. The number of nitrogens with zero attached hydrogens (tertiary/aromatic N) is 3. The fourth-order valence-corrected chi connectivity index (χ4v) is 4.28. The highest BCUT2D eigenvalue weighted by atomic mass is 32.2. The van der Waals surface area contributed by atoms with Crippen LogP contribution in [-0.4, -0.2) is 39.4 Å². The van der Waals surface area contributed by atoms with Gasteiger partial charge in [0.25, 0.3) is 0 Å². The molecule has 1 amide bonds. The lowest BCUT2D eigenvalue weighted by Crippen LogP contribution is -2.40. The molecule has 1 aliphatic heterocycles. The molecule has 0 unspecified atom stereocenters. The highest BCUT2D eigenvalue weighted by Crippen LogP contribution is 2.21. The largest absolute Gasteiger partial charge is 0.342 e. The predicted molar refractivity (Wildman–Crippen MR) is 104 cm³/mol. The topological polar surface area (TPSA) is 38.1 Å². The summed E-state index contributed by atoms with van der Waals surface area (Å²) in [7, 11) is 0. The third-order valence-electron chi connectivity index (χ3n) is 4.84. The molecule has 2 aromatic rings. The van der Waals surface area contributed by atoms with Crippen molar-refractivity contribution in [2.45, 2.75) is 39.0 Å². The Bertz CT molecular complexity index is 690. The van der Waals surface area contributed by atoms with Gasteiger partial charge >= 0.3 is 0 Å². The van der Waals surface area contributed by atoms with Crippen LogP contribution in [0.1, 0.15) is 29.8 Å². The average molecular weight is 358 g/mol. The van der Waals surface area contributed by atoms with E-state index in [-0.39, 0.29) is 5.91 Å². The first-order valence-corrected chi connectivity index (χ1v) is 10.2. The number of thioether (sulfide) groups is 1. The molecule has 2 heterocycles. The Morgan fingerprint density at radius 2 is 1.92 bits per heavy atom. The van der Waals surface area contributed by atoms with Crippen LogP contribution in [0.5, 0.6) is 0 Å². The van der Waals surface area contributed by atoms with Crippen molar-refractivity contribution in [3.63, 3.8) is 0 Å². The first kappa shape index (κ1) is 18.1. The van der Waals surface area contributed by atoms with Crippen LogP contribution < -0.4 is 0 Å². The summed E-state index contributed by atoms with van der Waals surface area (Å²) in [6, 6.07) is 12.5. The quantitative estimate of drug-likeness (QED) is 0.792. The number of piperidine rings is 1. The van der Waals surface area contributed by atoms with E-state index in [1.165, 1.54) is 11.3 Å². The molecule has 0 saturated carbocycles. The van der Waals surface area contributed by atoms with Crippen molar-refractivity contribution in [2.24, 2.45) is 5.92 Å². The van der Waals surface area contributed by atoms with E-state index in [0.29, 0.717) is 11.7 Å². The van der Waals surface area contributed by atoms with Gasteiger partial charge in [0.2, 0.25) is 5.91 Å². The summed E-state index contributed by atoms with van der Waals surface area (Å²) in [5.74, 6) is 2.39. The highest BCUT2D eigenvalue weighted by molar-refractivity contribution is 7.99. The minimum absolute atomic E-state index is 0.283. The maximum absolute atomic E-state index is 12.4. The van der Waals surface area contributed by atoms with Gasteiger partial charge in [0.05, 0.1) is 11.4 Å². The summed E-state index contributed by atoms with van der Waals surface area (Å²) in [4.78, 5) is 14.4. The summed E-state index contributed by atoms with van der Waals surface area (Å²) < 4.78 is 2.12. The number of hydrogen-bond acceptors (Lipinski definition) is 3. The average Bonchev–Trinajstić information content (AvgIpc) is 2.93.